The number of hydrogen-bond acceptors (Lipinski definition) is 5. The molecule has 1 spiro atoms. The molecule has 0 aliphatic carbocycles. The molecular formula is C27H34ClN3O4S. The van der Waals surface area contributed by atoms with Crippen molar-refractivity contribution < 1.29 is 19.5 Å². The van der Waals surface area contributed by atoms with Crippen LogP contribution in [-0.2, 0) is 14.4 Å². The number of hydrogen-bond donors (Lipinski definition) is 1. The number of carbonyl (C=O) groups excluding carboxylic acids is 3. The Morgan fingerprint density at radius 3 is 2.58 bits per heavy atom. The number of aliphatic hydroxyl groups is 1. The van der Waals surface area contributed by atoms with Crippen molar-refractivity contribution in [3.8, 4) is 0 Å². The molecule has 3 amide bonds. The van der Waals surface area contributed by atoms with Crippen molar-refractivity contribution in [3.05, 3.63) is 54.6 Å². The SMILES string of the molecule is C=CCN(C)C(=O)[C@@H]1[C@H]2C(=O)N([C@@H](CC)CO)C(C(=O)N(CC=C)c3ccccc3Cl)C23CC[C@H]1S3. The third kappa shape index (κ3) is 4.07. The molecule has 194 valence electrons. The van der Waals surface area contributed by atoms with Crippen LogP contribution >= 0.6 is 23.4 Å². The average molecular weight is 532 g/mol. The second-order valence-corrected chi connectivity index (χ2v) is 11.8. The highest BCUT2D eigenvalue weighted by Crippen LogP contribution is 2.67. The molecule has 1 aromatic rings. The molecule has 3 heterocycles. The highest BCUT2D eigenvalue weighted by atomic mass is 35.5. The number of rotatable bonds is 10. The van der Waals surface area contributed by atoms with Crippen molar-refractivity contribution in [2.75, 3.05) is 31.6 Å². The van der Waals surface area contributed by atoms with E-state index < -0.39 is 28.7 Å². The summed E-state index contributed by atoms with van der Waals surface area (Å²) in [5.41, 5.74) is 0.546. The Bertz CT molecular complexity index is 1060. The number of fused-ring (bicyclic) bond motifs is 1. The van der Waals surface area contributed by atoms with Gasteiger partial charge >= 0.3 is 0 Å². The van der Waals surface area contributed by atoms with E-state index >= 15 is 0 Å². The summed E-state index contributed by atoms with van der Waals surface area (Å²) in [6, 6.07) is 5.77. The van der Waals surface area contributed by atoms with Crippen LogP contribution < -0.4 is 4.90 Å². The molecule has 4 rings (SSSR count). The first-order chi connectivity index (χ1) is 17.3. The van der Waals surface area contributed by atoms with Crippen LogP contribution in [0.4, 0.5) is 5.69 Å². The van der Waals surface area contributed by atoms with Gasteiger partial charge in [0.2, 0.25) is 11.8 Å². The van der Waals surface area contributed by atoms with E-state index in [1.165, 1.54) is 0 Å². The molecule has 3 aliphatic rings. The average Bonchev–Trinajstić information content (AvgIpc) is 3.51. The summed E-state index contributed by atoms with van der Waals surface area (Å²) in [4.78, 5) is 46.9. The molecule has 3 fully saturated rings. The number of likely N-dealkylation sites (tertiary alicyclic amines) is 1. The predicted molar refractivity (Wildman–Crippen MR) is 144 cm³/mol. The molecular weight excluding hydrogens is 498 g/mol. The zero-order valence-electron chi connectivity index (χ0n) is 20.8. The van der Waals surface area contributed by atoms with Gasteiger partial charge < -0.3 is 19.8 Å². The van der Waals surface area contributed by atoms with Crippen molar-refractivity contribution >= 4 is 46.8 Å². The molecule has 0 aromatic heterocycles. The lowest BCUT2D eigenvalue weighted by Gasteiger charge is -2.39. The maximum absolute atomic E-state index is 14.4. The Labute approximate surface area is 222 Å². The number of carbonyl (C=O) groups is 3. The van der Waals surface area contributed by atoms with E-state index in [9.17, 15) is 19.5 Å². The van der Waals surface area contributed by atoms with Crippen LogP contribution in [0.15, 0.2) is 49.6 Å². The number of likely N-dealkylation sites (N-methyl/N-ethyl adjacent to an activating group) is 1. The summed E-state index contributed by atoms with van der Waals surface area (Å²) in [6.07, 6.45) is 5.21. The van der Waals surface area contributed by atoms with Crippen molar-refractivity contribution in [1.82, 2.24) is 9.80 Å². The molecule has 3 aliphatic heterocycles. The maximum Gasteiger partial charge on any atom is 0.251 e. The van der Waals surface area contributed by atoms with Gasteiger partial charge in [-0.15, -0.1) is 24.9 Å². The molecule has 0 saturated carbocycles. The van der Waals surface area contributed by atoms with Crippen LogP contribution in [0.3, 0.4) is 0 Å². The van der Waals surface area contributed by atoms with Gasteiger partial charge in [-0.25, -0.2) is 0 Å². The minimum absolute atomic E-state index is 0.0291. The van der Waals surface area contributed by atoms with Gasteiger partial charge in [0.25, 0.3) is 5.91 Å². The smallest absolute Gasteiger partial charge is 0.251 e. The van der Waals surface area contributed by atoms with Gasteiger partial charge in [0.05, 0.1) is 39.9 Å². The van der Waals surface area contributed by atoms with Crippen LogP contribution in [0.2, 0.25) is 5.02 Å². The standard InChI is InChI=1S/C27H34ClN3O4S/c1-5-14-29(4)24(33)21-20-12-13-27(36-20)22(21)25(34)31(17(7-3)16-32)23(27)26(35)30(15-6-2)19-11-9-8-10-18(19)28/h5-6,8-11,17,20-23,32H,1-2,7,12-16H2,3-4H3/t17-,20+,21-,22-,23?,27?/m0/s1. The Balaban J connectivity index is 1.82. The van der Waals surface area contributed by atoms with Gasteiger partial charge in [0.15, 0.2) is 0 Å². The van der Waals surface area contributed by atoms with Crippen molar-refractivity contribution in [2.45, 2.75) is 48.3 Å². The number of benzene rings is 1. The fraction of sp³-hybridized carbons (Fsp3) is 0.519. The van der Waals surface area contributed by atoms with E-state index in [0.29, 0.717) is 30.1 Å². The van der Waals surface area contributed by atoms with Gasteiger partial charge in [0, 0.05) is 25.4 Å². The number of nitrogens with zero attached hydrogens (tertiary/aromatic N) is 3. The molecule has 1 N–H and O–H groups in total. The molecule has 7 nitrogen and oxygen atoms in total. The molecule has 36 heavy (non-hydrogen) atoms. The minimum atomic E-state index is -0.819. The molecule has 2 unspecified atom stereocenters. The van der Waals surface area contributed by atoms with Crippen LogP contribution in [-0.4, -0.2) is 81.5 Å². The Morgan fingerprint density at radius 2 is 1.97 bits per heavy atom. The lowest BCUT2D eigenvalue weighted by atomic mass is 9.70. The van der Waals surface area contributed by atoms with Crippen LogP contribution in [0.5, 0.6) is 0 Å². The molecule has 2 bridgehead atoms. The minimum Gasteiger partial charge on any atom is -0.394 e. The van der Waals surface area contributed by atoms with E-state index in [1.54, 1.807) is 63.9 Å². The monoisotopic (exact) mass is 531 g/mol. The molecule has 6 atom stereocenters. The summed E-state index contributed by atoms with van der Waals surface area (Å²) in [5.74, 6) is -1.69. The summed E-state index contributed by atoms with van der Waals surface area (Å²) in [6.45, 7) is 9.80. The third-order valence-corrected chi connectivity index (χ3v) is 10.1. The summed E-state index contributed by atoms with van der Waals surface area (Å²) >= 11 is 8.11. The predicted octanol–water partition coefficient (Wildman–Crippen LogP) is 3.37. The van der Waals surface area contributed by atoms with E-state index in [-0.39, 0.29) is 36.1 Å². The van der Waals surface area contributed by atoms with Gasteiger partial charge in [-0.1, -0.05) is 42.8 Å². The summed E-state index contributed by atoms with van der Waals surface area (Å²) < 4.78 is -0.739. The fourth-order valence-electron chi connectivity index (χ4n) is 6.25. The van der Waals surface area contributed by atoms with Gasteiger partial charge in [-0.2, -0.15) is 0 Å². The molecule has 3 saturated heterocycles. The van der Waals surface area contributed by atoms with Crippen LogP contribution in [0.25, 0.3) is 0 Å². The highest BCUT2D eigenvalue weighted by Gasteiger charge is 2.74. The highest BCUT2D eigenvalue weighted by molar-refractivity contribution is 8.02. The number of aliphatic hydroxyl groups excluding tert-OH is 1. The van der Waals surface area contributed by atoms with Crippen molar-refractivity contribution in [3.63, 3.8) is 0 Å². The van der Waals surface area contributed by atoms with Crippen molar-refractivity contribution in [1.29, 1.82) is 0 Å². The van der Waals surface area contributed by atoms with E-state index in [0.717, 1.165) is 6.42 Å². The first-order valence-corrected chi connectivity index (χ1v) is 13.7. The van der Waals surface area contributed by atoms with Crippen LogP contribution in [0, 0.1) is 11.8 Å². The first kappa shape index (κ1) is 26.8. The second kappa shape index (κ2) is 10.6. The van der Waals surface area contributed by atoms with Crippen LogP contribution in [0.1, 0.15) is 26.2 Å². The van der Waals surface area contributed by atoms with Gasteiger partial charge in [0.1, 0.15) is 6.04 Å². The van der Waals surface area contributed by atoms with Crippen molar-refractivity contribution in [2.24, 2.45) is 11.8 Å². The van der Waals surface area contributed by atoms with Gasteiger partial charge in [-0.05, 0) is 31.4 Å². The largest absolute Gasteiger partial charge is 0.394 e. The number of halogens is 1. The maximum atomic E-state index is 14.4. The first-order valence-electron chi connectivity index (χ1n) is 12.4. The third-order valence-electron chi connectivity index (χ3n) is 7.83. The number of thioether (sulfide) groups is 1. The fourth-order valence-corrected chi connectivity index (χ4v) is 8.68. The second-order valence-electron chi connectivity index (χ2n) is 9.74. The van der Waals surface area contributed by atoms with E-state index in [1.807, 2.05) is 13.0 Å². The zero-order valence-corrected chi connectivity index (χ0v) is 22.4. The number of amides is 3. The number of anilines is 1. The lowest BCUT2D eigenvalue weighted by molar-refractivity contribution is -0.144. The van der Waals surface area contributed by atoms with Gasteiger partial charge in [-0.3, -0.25) is 14.4 Å². The molecule has 0 radical (unpaired) electrons. The summed E-state index contributed by atoms with van der Waals surface area (Å²) in [7, 11) is 1.72. The zero-order chi connectivity index (χ0) is 26.2. The van der Waals surface area contributed by atoms with E-state index in [2.05, 4.69) is 13.2 Å². The molecule has 1 aromatic carbocycles. The number of para-hydroxylation sites is 1. The summed E-state index contributed by atoms with van der Waals surface area (Å²) in [5, 5.41) is 10.6. The normalized spacial score (nSPS) is 29.1. The topological polar surface area (TPSA) is 81.2 Å². The Hall–Kier alpha value is -2.29. The Morgan fingerprint density at radius 1 is 1.28 bits per heavy atom. The Kier molecular flexibility index (Phi) is 7.88. The molecule has 9 heteroatoms. The quantitative estimate of drug-likeness (QED) is 0.468. The lowest BCUT2D eigenvalue weighted by Crippen LogP contribution is -2.57. The van der Waals surface area contributed by atoms with E-state index in [4.69, 9.17) is 11.6 Å².